The van der Waals surface area contributed by atoms with Gasteiger partial charge in [-0.25, -0.2) is 0 Å². The fourth-order valence-electron chi connectivity index (χ4n) is 1.93. The highest BCUT2D eigenvalue weighted by Crippen LogP contribution is 2.19. The summed E-state index contributed by atoms with van der Waals surface area (Å²) in [5.41, 5.74) is 1.29. The number of nitrogens with one attached hydrogen (secondary N) is 1. The zero-order valence-corrected chi connectivity index (χ0v) is 12.4. The van der Waals surface area contributed by atoms with E-state index in [0.717, 1.165) is 18.9 Å². The zero-order chi connectivity index (χ0) is 13.7. The second kappa shape index (κ2) is 6.73. The molecule has 1 aromatic carbocycles. The largest absolute Gasteiger partial charge is 0.317 e. The lowest BCUT2D eigenvalue weighted by Gasteiger charge is -2.14. The molecular weight excluding hydrogens is 256 g/mol. The molecule has 0 saturated heterocycles. The molecule has 1 N–H and O–H groups in total. The summed E-state index contributed by atoms with van der Waals surface area (Å²) in [6, 6.07) is 8.97. The highest BCUT2D eigenvalue weighted by atomic mass is 32.2. The van der Waals surface area contributed by atoms with E-state index in [9.17, 15) is 0 Å². The van der Waals surface area contributed by atoms with E-state index < -0.39 is 0 Å². The first-order valence-electron chi connectivity index (χ1n) is 6.48. The molecule has 0 fully saturated rings. The summed E-state index contributed by atoms with van der Waals surface area (Å²) >= 11 is 1.76. The molecule has 0 bridgehead atoms. The van der Waals surface area contributed by atoms with Crippen LogP contribution in [0, 0.1) is 0 Å². The molecule has 1 atom stereocenters. The number of nitrogens with zero attached hydrogens (tertiary/aromatic N) is 3. The van der Waals surface area contributed by atoms with E-state index in [1.54, 1.807) is 18.1 Å². The van der Waals surface area contributed by atoms with Crippen LogP contribution < -0.4 is 5.32 Å². The maximum absolute atomic E-state index is 4.13. The van der Waals surface area contributed by atoms with Crippen molar-refractivity contribution in [2.75, 3.05) is 6.26 Å². The monoisotopic (exact) mass is 276 g/mol. The molecular formula is C14H20N4S. The van der Waals surface area contributed by atoms with Gasteiger partial charge in [0.2, 0.25) is 0 Å². The second-order valence-electron chi connectivity index (χ2n) is 4.41. The Hall–Kier alpha value is -1.33. The van der Waals surface area contributed by atoms with Crippen molar-refractivity contribution in [3.05, 3.63) is 42.0 Å². The Labute approximate surface area is 118 Å². The van der Waals surface area contributed by atoms with Gasteiger partial charge in [0.05, 0.1) is 6.54 Å². The lowest BCUT2D eigenvalue weighted by atomic mass is 10.1. The summed E-state index contributed by atoms with van der Waals surface area (Å²) in [4.78, 5) is 1.29. The van der Waals surface area contributed by atoms with Crippen molar-refractivity contribution in [1.29, 1.82) is 0 Å². The third kappa shape index (κ3) is 3.58. The molecule has 19 heavy (non-hydrogen) atoms. The van der Waals surface area contributed by atoms with Crippen LogP contribution in [0.1, 0.15) is 31.3 Å². The predicted octanol–water partition coefficient (Wildman–Crippen LogP) is 2.87. The van der Waals surface area contributed by atoms with Crippen LogP contribution in [-0.2, 0) is 13.1 Å². The lowest BCUT2D eigenvalue weighted by Crippen LogP contribution is -2.20. The van der Waals surface area contributed by atoms with Crippen molar-refractivity contribution in [3.8, 4) is 0 Å². The third-order valence-corrected chi connectivity index (χ3v) is 3.96. The van der Waals surface area contributed by atoms with Gasteiger partial charge in [-0.15, -0.1) is 22.0 Å². The summed E-state index contributed by atoms with van der Waals surface area (Å²) in [5, 5.41) is 11.5. The molecule has 2 rings (SSSR count). The SMILES string of the molecule is CCn1cnnc1CNC(C)c1ccc(SC)cc1. The molecule has 0 radical (unpaired) electrons. The molecule has 4 nitrogen and oxygen atoms in total. The van der Waals surface area contributed by atoms with Crippen molar-refractivity contribution in [3.63, 3.8) is 0 Å². The highest BCUT2D eigenvalue weighted by Gasteiger charge is 2.07. The van der Waals surface area contributed by atoms with E-state index in [-0.39, 0.29) is 0 Å². The minimum Gasteiger partial charge on any atom is -0.317 e. The van der Waals surface area contributed by atoms with Crippen LogP contribution in [0.15, 0.2) is 35.5 Å². The van der Waals surface area contributed by atoms with Crippen LogP contribution in [0.5, 0.6) is 0 Å². The van der Waals surface area contributed by atoms with Crippen molar-refractivity contribution >= 4 is 11.8 Å². The molecule has 1 unspecified atom stereocenters. The van der Waals surface area contributed by atoms with E-state index in [4.69, 9.17) is 0 Å². The molecule has 5 heteroatoms. The summed E-state index contributed by atoms with van der Waals surface area (Å²) in [5.74, 6) is 0.982. The number of thioether (sulfide) groups is 1. The number of aryl methyl sites for hydroxylation is 1. The van der Waals surface area contributed by atoms with Crippen molar-refractivity contribution in [2.45, 2.75) is 37.9 Å². The van der Waals surface area contributed by atoms with Gasteiger partial charge in [0, 0.05) is 17.5 Å². The lowest BCUT2D eigenvalue weighted by molar-refractivity contribution is 0.539. The van der Waals surface area contributed by atoms with Crippen LogP contribution in [0.2, 0.25) is 0 Å². The Kier molecular flexibility index (Phi) is 4.99. The fourth-order valence-corrected chi connectivity index (χ4v) is 2.34. The van der Waals surface area contributed by atoms with E-state index in [1.807, 2.05) is 0 Å². The van der Waals surface area contributed by atoms with E-state index in [1.165, 1.54) is 10.5 Å². The standard InChI is InChI=1S/C14H20N4S/c1-4-18-10-16-17-14(18)9-15-11(2)12-5-7-13(19-3)8-6-12/h5-8,10-11,15H,4,9H2,1-3H3. The van der Waals surface area contributed by atoms with Crippen molar-refractivity contribution in [2.24, 2.45) is 0 Å². The van der Waals surface area contributed by atoms with Crippen LogP contribution in [0.4, 0.5) is 0 Å². The molecule has 0 aliphatic rings. The second-order valence-corrected chi connectivity index (χ2v) is 5.29. The van der Waals surface area contributed by atoms with Crippen LogP contribution in [0.3, 0.4) is 0 Å². The van der Waals surface area contributed by atoms with E-state index in [2.05, 4.69) is 64.4 Å². The first kappa shape index (κ1) is 14.1. The number of benzene rings is 1. The van der Waals surface area contributed by atoms with Gasteiger partial charge in [-0.2, -0.15) is 0 Å². The quantitative estimate of drug-likeness (QED) is 0.824. The Bertz CT molecular complexity index is 506. The van der Waals surface area contributed by atoms with Gasteiger partial charge in [-0.3, -0.25) is 0 Å². The fraction of sp³-hybridized carbons (Fsp3) is 0.429. The first-order chi connectivity index (χ1) is 9.24. The zero-order valence-electron chi connectivity index (χ0n) is 11.6. The average molecular weight is 276 g/mol. The van der Waals surface area contributed by atoms with Gasteiger partial charge in [0.25, 0.3) is 0 Å². The number of rotatable bonds is 6. The van der Waals surface area contributed by atoms with Gasteiger partial charge < -0.3 is 9.88 Å². The first-order valence-corrected chi connectivity index (χ1v) is 7.71. The van der Waals surface area contributed by atoms with Gasteiger partial charge >= 0.3 is 0 Å². The molecule has 102 valence electrons. The van der Waals surface area contributed by atoms with E-state index >= 15 is 0 Å². The third-order valence-electron chi connectivity index (χ3n) is 3.22. The maximum atomic E-state index is 4.13. The molecule has 0 spiro atoms. The summed E-state index contributed by atoms with van der Waals surface area (Å²) in [6.07, 6.45) is 3.86. The number of aromatic nitrogens is 3. The molecule has 1 heterocycles. The predicted molar refractivity (Wildman–Crippen MR) is 79.2 cm³/mol. The highest BCUT2D eigenvalue weighted by molar-refractivity contribution is 7.98. The smallest absolute Gasteiger partial charge is 0.146 e. The van der Waals surface area contributed by atoms with Gasteiger partial charge in [0.15, 0.2) is 0 Å². The van der Waals surface area contributed by atoms with Gasteiger partial charge in [0.1, 0.15) is 12.2 Å². The average Bonchev–Trinajstić information content (AvgIpc) is 2.92. The molecule has 0 saturated carbocycles. The molecule has 1 aromatic heterocycles. The van der Waals surface area contributed by atoms with Crippen LogP contribution in [-0.4, -0.2) is 21.0 Å². The maximum Gasteiger partial charge on any atom is 0.146 e. The number of hydrogen-bond acceptors (Lipinski definition) is 4. The normalized spacial score (nSPS) is 12.6. The minimum absolute atomic E-state index is 0.304. The summed E-state index contributed by atoms with van der Waals surface area (Å²) in [7, 11) is 0. The number of hydrogen-bond donors (Lipinski definition) is 1. The summed E-state index contributed by atoms with van der Waals surface area (Å²) in [6.45, 7) is 5.90. The van der Waals surface area contributed by atoms with Gasteiger partial charge in [-0.1, -0.05) is 12.1 Å². The Morgan fingerprint density at radius 1 is 1.32 bits per heavy atom. The van der Waals surface area contributed by atoms with Crippen LogP contribution in [0.25, 0.3) is 0 Å². The molecule has 0 aliphatic heterocycles. The Morgan fingerprint density at radius 3 is 2.68 bits per heavy atom. The van der Waals surface area contributed by atoms with Crippen LogP contribution >= 0.6 is 11.8 Å². The molecule has 0 aliphatic carbocycles. The van der Waals surface area contributed by atoms with Crippen molar-refractivity contribution < 1.29 is 0 Å². The van der Waals surface area contributed by atoms with Crippen molar-refractivity contribution in [1.82, 2.24) is 20.1 Å². The summed E-state index contributed by atoms with van der Waals surface area (Å²) < 4.78 is 2.05. The van der Waals surface area contributed by atoms with E-state index in [0.29, 0.717) is 6.04 Å². The topological polar surface area (TPSA) is 42.7 Å². The molecule has 2 aromatic rings. The minimum atomic E-state index is 0.304. The van der Waals surface area contributed by atoms with Gasteiger partial charge in [-0.05, 0) is 37.8 Å². The molecule has 0 amide bonds. The Morgan fingerprint density at radius 2 is 2.05 bits per heavy atom. The Balaban J connectivity index is 1.95.